The molecular weight excluding hydrogens is 719 g/mol. The first-order valence-electron chi connectivity index (χ1n) is 13.5. The van der Waals surface area contributed by atoms with E-state index in [1.807, 2.05) is 0 Å². The Hall–Kier alpha value is -5.91. The van der Waals surface area contributed by atoms with Gasteiger partial charge in [0.25, 0.3) is 30.4 Å². The molecule has 10 N–H and O–H groups in total. The fraction of sp³-hybridized carbons (Fsp3) is 0. The van der Waals surface area contributed by atoms with Gasteiger partial charge in [0.05, 0.1) is 38.9 Å². The zero-order valence-electron chi connectivity index (χ0n) is 24.9. The lowest BCUT2D eigenvalue weighted by atomic mass is 9.92. The Labute approximate surface area is 283 Å². The third-order valence-corrected chi connectivity index (χ3v) is 9.34. The van der Waals surface area contributed by atoms with Crippen molar-refractivity contribution in [3.8, 4) is 0 Å². The summed E-state index contributed by atoms with van der Waals surface area (Å²) in [4.78, 5) is 11.2. The van der Waals surface area contributed by atoms with Gasteiger partial charge in [-0.15, -0.1) is 10.2 Å². The van der Waals surface area contributed by atoms with Crippen LogP contribution in [0.3, 0.4) is 0 Å². The predicted octanol–water partition coefficient (Wildman–Crippen LogP) is 4.65. The summed E-state index contributed by atoms with van der Waals surface area (Å²) in [6, 6.07) is 15.5. The Kier molecular flexibility index (Phi) is 9.33. The maximum Gasteiger partial charge on any atom is 0.296 e. The molecule has 0 atom stereocenters. The van der Waals surface area contributed by atoms with Crippen LogP contribution in [0, 0.1) is 0 Å². The minimum Gasteiger partial charge on any atom is -0.399 e. The van der Waals surface area contributed by atoms with Gasteiger partial charge in [0.1, 0.15) is 21.2 Å². The number of ketones is 1. The number of nitrogens with zero attached hydrogens (tertiary/aromatic N) is 5. The van der Waals surface area contributed by atoms with Gasteiger partial charge in [-0.2, -0.15) is 40.6 Å². The van der Waals surface area contributed by atoms with Crippen LogP contribution in [0.1, 0.15) is 15.9 Å². The molecule has 0 saturated heterocycles. The minimum atomic E-state index is -5.19. The van der Waals surface area contributed by atoms with E-state index in [4.69, 9.17) is 21.8 Å². The van der Waals surface area contributed by atoms with Crippen LogP contribution in [0.25, 0.3) is 6.08 Å². The van der Waals surface area contributed by atoms with E-state index in [9.17, 15) is 39.2 Å². The van der Waals surface area contributed by atoms with Crippen LogP contribution < -0.4 is 22.6 Å². The number of nitrogens with two attached hydrogens (primary N) is 3. The van der Waals surface area contributed by atoms with E-state index in [0.717, 1.165) is 24.3 Å². The molecule has 0 saturated carbocycles. The normalized spacial score (nSPS) is 14.7. The summed E-state index contributed by atoms with van der Waals surface area (Å²) in [5, 5.41) is 19.7. The molecule has 1 aliphatic rings. The van der Waals surface area contributed by atoms with Gasteiger partial charge in [-0.3, -0.25) is 23.9 Å². The van der Waals surface area contributed by atoms with E-state index in [0.29, 0.717) is 34.9 Å². The van der Waals surface area contributed by atoms with Crippen molar-refractivity contribution in [3.05, 3.63) is 88.8 Å². The van der Waals surface area contributed by atoms with Gasteiger partial charge >= 0.3 is 0 Å². The molecule has 19 nitrogen and oxygen atoms in total. The van der Waals surface area contributed by atoms with Crippen molar-refractivity contribution in [2.75, 3.05) is 22.6 Å². The number of benzene rings is 4. The van der Waals surface area contributed by atoms with E-state index in [1.165, 1.54) is 30.3 Å². The maximum absolute atomic E-state index is 13.6. The largest absolute Gasteiger partial charge is 0.399 e. The molecule has 0 unspecified atom stereocenters. The van der Waals surface area contributed by atoms with E-state index >= 15 is 0 Å². The van der Waals surface area contributed by atoms with Crippen LogP contribution in [0.15, 0.2) is 113 Å². The summed E-state index contributed by atoms with van der Waals surface area (Å²) < 4.78 is 101. The number of Topliss-reactive ketones (excluding diaryl/α,β-unsaturated/α-hetero) is 1. The number of anilines is 4. The van der Waals surface area contributed by atoms with Crippen molar-refractivity contribution in [2.45, 2.75) is 9.79 Å². The predicted molar refractivity (Wildman–Crippen MR) is 182 cm³/mol. The number of hydrogen-bond acceptors (Lipinski definition) is 16. The quantitative estimate of drug-likeness (QED) is 0.0531. The lowest BCUT2D eigenvalue weighted by Crippen LogP contribution is -2.28. The number of fused-ring (bicyclic) bond motifs is 1. The van der Waals surface area contributed by atoms with Crippen LogP contribution >= 0.6 is 0 Å². The van der Waals surface area contributed by atoms with E-state index in [1.54, 1.807) is 12.1 Å². The number of hydrazone groups is 1. The third-order valence-electron chi connectivity index (χ3n) is 6.74. The number of rotatable bonds is 9. The Morgan fingerprint density at radius 3 is 1.80 bits per heavy atom. The minimum absolute atomic E-state index is 0.0178. The highest BCUT2D eigenvalue weighted by atomic mass is 32.2. The first kappa shape index (κ1) is 35.4. The van der Waals surface area contributed by atoms with E-state index in [-0.39, 0.29) is 11.4 Å². The first-order valence-corrected chi connectivity index (χ1v) is 17.8. The van der Waals surface area contributed by atoms with Crippen LogP contribution in [-0.2, 0) is 30.4 Å². The molecule has 0 fully saturated rings. The van der Waals surface area contributed by atoms with Crippen LogP contribution in [0.4, 0.5) is 45.5 Å². The summed E-state index contributed by atoms with van der Waals surface area (Å²) >= 11 is 0. The second-order valence-corrected chi connectivity index (χ2v) is 14.4. The highest BCUT2D eigenvalue weighted by Gasteiger charge is 2.37. The summed E-state index contributed by atoms with van der Waals surface area (Å²) in [6.07, 6.45) is 0.700. The number of nitrogens with one attached hydrogen (secondary N) is 1. The Morgan fingerprint density at radius 2 is 1.26 bits per heavy atom. The smallest absolute Gasteiger partial charge is 0.296 e. The van der Waals surface area contributed by atoms with Gasteiger partial charge < -0.3 is 17.2 Å². The SMILES string of the molecule is Nc1ccc(N=Nc2ccc(N=Nc3c(S(=O)(=O)O)cc4c(c3N)C(=O)/C(=N/Nc3ccc(S(=O)(=O)O)cc3)C(S(=O)(=O)O)=C4)cc2)c(N)c1. The second-order valence-electron chi connectivity index (χ2n) is 10.2. The highest BCUT2D eigenvalue weighted by molar-refractivity contribution is 7.91. The summed E-state index contributed by atoms with van der Waals surface area (Å²) in [5.41, 5.74) is 18.6. The Balaban J connectivity index is 1.52. The van der Waals surface area contributed by atoms with E-state index < -0.39 is 79.0 Å². The topological polar surface area (TPSA) is 332 Å². The number of carbonyl (C=O) groups is 1. The van der Waals surface area contributed by atoms with Crippen molar-refractivity contribution in [1.29, 1.82) is 0 Å². The van der Waals surface area contributed by atoms with Gasteiger partial charge in [0.15, 0.2) is 5.71 Å². The zero-order valence-corrected chi connectivity index (χ0v) is 27.3. The molecule has 0 aliphatic heterocycles. The molecule has 4 aromatic rings. The molecule has 0 bridgehead atoms. The average molecular weight is 742 g/mol. The third kappa shape index (κ3) is 7.70. The van der Waals surface area contributed by atoms with Gasteiger partial charge in [-0.25, -0.2) is 0 Å². The van der Waals surface area contributed by atoms with Crippen molar-refractivity contribution >= 4 is 93.4 Å². The maximum atomic E-state index is 13.6. The molecule has 50 heavy (non-hydrogen) atoms. The van der Waals surface area contributed by atoms with Crippen molar-refractivity contribution in [1.82, 2.24) is 0 Å². The molecular formula is C28H23N9O10S3. The number of hydrogen-bond donors (Lipinski definition) is 7. The summed E-state index contributed by atoms with van der Waals surface area (Å²) in [6.45, 7) is 0. The molecule has 4 aromatic carbocycles. The molecule has 0 heterocycles. The molecule has 22 heteroatoms. The summed E-state index contributed by atoms with van der Waals surface area (Å²) in [7, 11) is -14.8. The first-order chi connectivity index (χ1) is 23.3. The molecule has 0 amide bonds. The van der Waals surface area contributed by atoms with Gasteiger partial charge in [-0.1, -0.05) is 0 Å². The second kappa shape index (κ2) is 13.2. The average Bonchev–Trinajstić information content (AvgIpc) is 3.02. The van der Waals surface area contributed by atoms with Crippen LogP contribution in [0.5, 0.6) is 0 Å². The number of azo groups is 2. The van der Waals surface area contributed by atoms with Gasteiger partial charge in [-0.05, 0) is 84.4 Å². The lowest BCUT2D eigenvalue weighted by molar-refractivity contribution is 0.106. The van der Waals surface area contributed by atoms with Gasteiger partial charge in [0.2, 0.25) is 5.78 Å². The lowest BCUT2D eigenvalue weighted by Gasteiger charge is -2.20. The molecule has 1 aliphatic carbocycles. The molecule has 0 spiro atoms. The monoisotopic (exact) mass is 741 g/mol. The van der Waals surface area contributed by atoms with Crippen molar-refractivity contribution in [2.24, 2.45) is 25.6 Å². The van der Waals surface area contributed by atoms with E-state index in [2.05, 4.69) is 31.0 Å². The standard InChI is InChI=1S/C28H23N9O10S3/c29-15-1-10-21(20(30)13-15)35-32-16-2-4-17(5-3-16)33-36-26-22(49(42,43)44)11-14-12-23(50(45,46)47)27(28(38)24(14)25(26)31)37-34-18-6-8-19(9-7-18)48(39,40)41/h1-13,34H,29-31H2,(H,39,40,41)(H,42,43,44)(H,45,46,47)/b35-32?,36-33?,37-27+. The zero-order chi connectivity index (χ0) is 36.6. The Bertz CT molecular complexity index is 2520. The number of nitrogen functional groups attached to an aromatic ring is 3. The van der Waals surface area contributed by atoms with Crippen molar-refractivity contribution < 1.29 is 43.7 Å². The molecule has 5 rings (SSSR count). The summed E-state index contributed by atoms with van der Waals surface area (Å²) in [5.74, 6) is -1.22. The molecule has 0 aromatic heterocycles. The van der Waals surface area contributed by atoms with Crippen molar-refractivity contribution in [3.63, 3.8) is 0 Å². The number of allylic oxidation sites excluding steroid dienone is 1. The fourth-order valence-electron chi connectivity index (χ4n) is 4.39. The number of carbonyl (C=O) groups excluding carboxylic acids is 1. The van der Waals surface area contributed by atoms with Crippen LogP contribution in [-0.4, -0.2) is 50.4 Å². The van der Waals surface area contributed by atoms with Gasteiger partial charge in [0, 0.05) is 5.69 Å². The molecule has 0 radical (unpaired) electrons. The Morgan fingerprint density at radius 1 is 0.660 bits per heavy atom. The highest BCUT2D eigenvalue weighted by Crippen LogP contribution is 2.41. The fourth-order valence-corrected chi connectivity index (χ4v) is 6.20. The van der Waals surface area contributed by atoms with Crippen LogP contribution in [0.2, 0.25) is 0 Å². The molecule has 258 valence electrons.